The van der Waals surface area contributed by atoms with Gasteiger partial charge in [0.2, 0.25) is 5.91 Å². The normalized spacial score (nSPS) is 14.8. The maximum absolute atomic E-state index is 12.4. The molecular formula is C22H24N6O2S. The molecule has 9 heteroatoms. The van der Waals surface area contributed by atoms with Gasteiger partial charge in [0.1, 0.15) is 5.69 Å². The summed E-state index contributed by atoms with van der Waals surface area (Å²) >= 11 is 1.28. The Hall–Kier alpha value is -3.17. The first-order valence-corrected chi connectivity index (χ1v) is 11.1. The van der Waals surface area contributed by atoms with Crippen molar-refractivity contribution in [2.24, 2.45) is 0 Å². The molecule has 1 aliphatic rings. The topological polar surface area (TPSA) is 100 Å². The summed E-state index contributed by atoms with van der Waals surface area (Å²) in [4.78, 5) is 39.2. The summed E-state index contributed by atoms with van der Waals surface area (Å²) in [5.74, 6) is -0.417. The van der Waals surface area contributed by atoms with Crippen molar-refractivity contribution in [2.45, 2.75) is 31.8 Å². The molecule has 2 N–H and O–H groups in total. The van der Waals surface area contributed by atoms with Gasteiger partial charge in [-0.1, -0.05) is 30.3 Å². The van der Waals surface area contributed by atoms with Gasteiger partial charge in [0.25, 0.3) is 5.91 Å². The second kappa shape index (κ2) is 10.2. The van der Waals surface area contributed by atoms with Crippen LogP contribution in [0, 0.1) is 0 Å². The van der Waals surface area contributed by atoms with Crippen molar-refractivity contribution in [3.63, 3.8) is 0 Å². The maximum atomic E-state index is 12.4. The highest BCUT2D eigenvalue weighted by molar-refractivity contribution is 7.14. The van der Waals surface area contributed by atoms with Crippen molar-refractivity contribution < 1.29 is 9.59 Å². The Morgan fingerprint density at radius 2 is 1.94 bits per heavy atom. The van der Waals surface area contributed by atoms with Crippen LogP contribution < -0.4 is 10.6 Å². The first-order valence-electron chi connectivity index (χ1n) is 10.2. The Morgan fingerprint density at radius 3 is 2.68 bits per heavy atom. The summed E-state index contributed by atoms with van der Waals surface area (Å²) in [6, 6.07) is 10.6. The summed E-state index contributed by atoms with van der Waals surface area (Å²) in [6.45, 7) is 2.88. The van der Waals surface area contributed by atoms with Gasteiger partial charge in [-0.25, -0.2) is 9.97 Å². The van der Waals surface area contributed by atoms with Gasteiger partial charge < -0.3 is 5.32 Å². The van der Waals surface area contributed by atoms with Gasteiger partial charge in [0.15, 0.2) is 5.13 Å². The Balaban J connectivity index is 1.20. The summed E-state index contributed by atoms with van der Waals surface area (Å²) in [7, 11) is 0. The van der Waals surface area contributed by atoms with Crippen LogP contribution in [0.15, 0.2) is 54.3 Å². The number of aromatic nitrogens is 3. The van der Waals surface area contributed by atoms with Crippen molar-refractivity contribution in [1.82, 2.24) is 25.2 Å². The molecule has 0 radical (unpaired) electrons. The van der Waals surface area contributed by atoms with Crippen LogP contribution >= 0.6 is 11.3 Å². The Labute approximate surface area is 184 Å². The molecule has 0 aliphatic carbocycles. The van der Waals surface area contributed by atoms with Crippen LogP contribution in [0.5, 0.6) is 0 Å². The van der Waals surface area contributed by atoms with E-state index in [4.69, 9.17) is 0 Å². The Bertz CT molecular complexity index is 1000. The van der Waals surface area contributed by atoms with E-state index in [-0.39, 0.29) is 30.0 Å². The molecule has 31 heavy (non-hydrogen) atoms. The monoisotopic (exact) mass is 436 g/mol. The minimum Gasteiger partial charge on any atom is -0.353 e. The number of nitrogens with zero attached hydrogens (tertiary/aromatic N) is 4. The van der Waals surface area contributed by atoms with Gasteiger partial charge in [0, 0.05) is 43.4 Å². The number of hydrogen-bond acceptors (Lipinski definition) is 7. The predicted octanol–water partition coefficient (Wildman–Crippen LogP) is 2.51. The molecule has 2 amide bonds. The predicted molar refractivity (Wildman–Crippen MR) is 119 cm³/mol. The maximum Gasteiger partial charge on any atom is 0.277 e. The van der Waals surface area contributed by atoms with Crippen LogP contribution in [0.4, 0.5) is 5.13 Å². The number of piperidine rings is 1. The van der Waals surface area contributed by atoms with Gasteiger partial charge >= 0.3 is 0 Å². The summed E-state index contributed by atoms with van der Waals surface area (Å²) in [5, 5.41) is 8.03. The van der Waals surface area contributed by atoms with Gasteiger partial charge in [0.05, 0.1) is 18.3 Å². The number of amides is 2. The van der Waals surface area contributed by atoms with Crippen LogP contribution in [0.25, 0.3) is 0 Å². The highest BCUT2D eigenvalue weighted by atomic mass is 32.1. The lowest BCUT2D eigenvalue weighted by Crippen LogP contribution is -2.44. The lowest BCUT2D eigenvalue weighted by molar-refractivity contribution is -0.121. The minimum absolute atomic E-state index is 0.0430. The zero-order valence-corrected chi connectivity index (χ0v) is 17.8. The fraction of sp³-hybridized carbons (Fsp3) is 0.318. The molecule has 0 atom stereocenters. The van der Waals surface area contributed by atoms with E-state index in [0.29, 0.717) is 10.8 Å². The van der Waals surface area contributed by atoms with Crippen LogP contribution in [0.3, 0.4) is 0 Å². The molecule has 3 aromatic rings. The average Bonchev–Trinajstić information content (AvgIpc) is 3.23. The Morgan fingerprint density at radius 1 is 1.13 bits per heavy atom. The van der Waals surface area contributed by atoms with Crippen LogP contribution in [0.2, 0.25) is 0 Å². The molecule has 4 rings (SSSR count). The summed E-state index contributed by atoms with van der Waals surface area (Å²) in [5.41, 5.74) is 2.17. The fourth-order valence-electron chi connectivity index (χ4n) is 3.54. The number of carbonyl (C=O) groups is 2. The molecule has 1 fully saturated rings. The summed E-state index contributed by atoms with van der Waals surface area (Å²) < 4.78 is 0. The van der Waals surface area contributed by atoms with E-state index in [1.165, 1.54) is 35.5 Å². The average molecular weight is 437 g/mol. The number of carbonyl (C=O) groups excluding carboxylic acids is 2. The molecule has 2 aromatic heterocycles. The zero-order chi connectivity index (χ0) is 21.5. The van der Waals surface area contributed by atoms with E-state index in [1.807, 2.05) is 6.07 Å². The molecule has 160 valence electrons. The minimum atomic E-state index is -0.374. The van der Waals surface area contributed by atoms with Crippen LogP contribution in [-0.2, 0) is 17.8 Å². The lowest BCUT2D eigenvalue weighted by atomic mass is 10.0. The third-order valence-electron chi connectivity index (χ3n) is 5.11. The van der Waals surface area contributed by atoms with E-state index in [2.05, 4.69) is 54.8 Å². The number of likely N-dealkylation sites (tertiary alicyclic amines) is 1. The molecule has 0 unspecified atom stereocenters. The molecular weight excluding hydrogens is 412 g/mol. The molecule has 1 aromatic carbocycles. The van der Waals surface area contributed by atoms with Crippen LogP contribution in [-0.4, -0.2) is 50.8 Å². The van der Waals surface area contributed by atoms with Crippen molar-refractivity contribution in [3.8, 4) is 0 Å². The highest BCUT2D eigenvalue weighted by Gasteiger charge is 2.21. The van der Waals surface area contributed by atoms with Gasteiger partial charge in [-0.2, -0.15) is 0 Å². The second-order valence-corrected chi connectivity index (χ2v) is 8.33. The van der Waals surface area contributed by atoms with Gasteiger partial charge in [-0.3, -0.25) is 24.8 Å². The third kappa shape index (κ3) is 6.16. The largest absolute Gasteiger partial charge is 0.353 e. The van der Waals surface area contributed by atoms with Crippen molar-refractivity contribution in [2.75, 3.05) is 18.4 Å². The van der Waals surface area contributed by atoms with E-state index in [1.54, 1.807) is 5.38 Å². The van der Waals surface area contributed by atoms with Crippen molar-refractivity contribution >= 4 is 28.3 Å². The molecule has 1 saturated heterocycles. The standard InChI is InChI=1S/C22H24N6O2S/c29-20(25-17-6-10-28(11-7-17)14-16-4-2-1-3-5-16)12-18-15-31-22(26-18)27-21(30)19-13-23-8-9-24-19/h1-5,8-9,13,15,17H,6-7,10-12,14H2,(H,25,29)(H,26,27,30). The molecule has 0 spiro atoms. The molecule has 0 saturated carbocycles. The lowest BCUT2D eigenvalue weighted by Gasteiger charge is -2.32. The fourth-order valence-corrected chi connectivity index (χ4v) is 4.25. The van der Waals surface area contributed by atoms with Crippen LogP contribution in [0.1, 0.15) is 34.6 Å². The SMILES string of the molecule is O=C(Cc1csc(NC(=O)c2cnccn2)n1)NC1CCN(Cc2ccccc2)CC1. The van der Waals surface area contributed by atoms with E-state index in [9.17, 15) is 9.59 Å². The number of nitrogens with one attached hydrogen (secondary N) is 2. The number of rotatable bonds is 7. The first kappa shape index (κ1) is 21.1. The van der Waals surface area contributed by atoms with Crippen molar-refractivity contribution in [1.29, 1.82) is 0 Å². The number of anilines is 1. The third-order valence-corrected chi connectivity index (χ3v) is 5.92. The number of benzene rings is 1. The summed E-state index contributed by atoms with van der Waals surface area (Å²) in [6.07, 6.45) is 6.43. The van der Waals surface area contributed by atoms with Gasteiger partial charge in [-0.15, -0.1) is 11.3 Å². The molecule has 3 heterocycles. The number of thiazole rings is 1. The van der Waals surface area contributed by atoms with Crippen molar-refractivity contribution in [3.05, 3.63) is 71.3 Å². The zero-order valence-electron chi connectivity index (χ0n) is 17.0. The van der Waals surface area contributed by atoms with Gasteiger partial charge in [-0.05, 0) is 18.4 Å². The molecule has 8 nitrogen and oxygen atoms in total. The quantitative estimate of drug-likeness (QED) is 0.590. The van der Waals surface area contributed by atoms with E-state index in [0.717, 1.165) is 32.5 Å². The first-order chi connectivity index (χ1) is 15.2. The van der Waals surface area contributed by atoms with E-state index < -0.39 is 0 Å². The second-order valence-electron chi connectivity index (χ2n) is 7.47. The van der Waals surface area contributed by atoms with E-state index >= 15 is 0 Å². The highest BCUT2D eigenvalue weighted by Crippen LogP contribution is 2.17. The smallest absolute Gasteiger partial charge is 0.277 e. The molecule has 1 aliphatic heterocycles. The number of hydrogen-bond donors (Lipinski definition) is 2. The molecule has 0 bridgehead atoms. The Kier molecular flexibility index (Phi) is 6.96.